The standard InChI is InChI=1S/C25H21ClFN5O2/c1-15-19-12-17(4-7-21(19)29-14-28-15)23-20(26)13-22(31-25(33)32-8-10-34-11-9-32)30-24(23)16-2-5-18(27)6-3-16/h2-7,12-14H,8-11H2,1H3,(H,30,31,33). The van der Waals surface area contributed by atoms with Crippen LogP contribution in [0.1, 0.15) is 5.69 Å². The lowest BCUT2D eigenvalue weighted by Crippen LogP contribution is -2.43. The SMILES string of the molecule is Cc1ncnc2ccc(-c3c(Cl)cc(NC(=O)N4CCOCC4)nc3-c3ccc(F)cc3)cc12. The van der Waals surface area contributed by atoms with Crippen LogP contribution in [-0.4, -0.2) is 52.2 Å². The Morgan fingerprint density at radius 2 is 1.79 bits per heavy atom. The van der Waals surface area contributed by atoms with Crippen LogP contribution < -0.4 is 5.32 Å². The van der Waals surface area contributed by atoms with Crippen molar-refractivity contribution in [2.45, 2.75) is 6.92 Å². The molecule has 2 aromatic carbocycles. The molecule has 1 saturated heterocycles. The number of pyridine rings is 1. The number of carbonyl (C=O) groups excluding carboxylic acids is 1. The zero-order valence-electron chi connectivity index (χ0n) is 18.4. The molecule has 5 rings (SSSR count). The summed E-state index contributed by atoms with van der Waals surface area (Å²) in [5, 5.41) is 4.13. The number of aromatic nitrogens is 3. The number of urea groups is 1. The summed E-state index contributed by atoms with van der Waals surface area (Å²) in [5.74, 6) is -0.0449. The highest BCUT2D eigenvalue weighted by Gasteiger charge is 2.20. The highest BCUT2D eigenvalue weighted by molar-refractivity contribution is 6.34. The highest BCUT2D eigenvalue weighted by Crippen LogP contribution is 2.39. The fraction of sp³-hybridized carbons (Fsp3) is 0.200. The topological polar surface area (TPSA) is 80.2 Å². The second-order valence-electron chi connectivity index (χ2n) is 7.94. The minimum Gasteiger partial charge on any atom is -0.378 e. The second-order valence-corrected chi connectivity index (χ2v) is 8.35. The first-order valence-corrected chi connectivity index (χ1v) is 11.2. The van der Waals surface area contributed by atoms with Gasteiger partial charge in [0.05, 0.1) is 29.4 Å². The molecule has 2 aromatic heterocycles. The monoisotopic (exact) mass is 477 g/mol. The van der Waals surface area contributed by atoms with Crippen molar-refractivity contribution >= 4 is 34.4 Å². The van der Waals surface area contributed by atoms with E-state index >= 15 is 0 Å². The smallest absolute Gasteiger partial charge is 0.323 e. The number of benzene rings is 2. The molecular weight excluding hydrogens is 457 g/mol. The minimum absolute atomic E-state index is 0.275. The maximum Gasteiger partial charge on any atom is 0.323 e. The predicted molar refractivity (Wildman–Crippen MR) is 129 cm³/mol. The van der Waals surface area contributed by atoms with Gasteiger partial charge in [0.25, 0.3) is 0 Å². The maximum absolute atomic E-state index is 13.6. The number of nitrogens with zero attached hydrogens (tertiary/aromatic N) is 4. The van der Waals surface area contributed by atoms with Gasteiger partial charge >= 0.3 is 6.03 Å². The van der Waals surface area contributed by atoms with E-state index in [2.05, 4.69) is 15.3 Å². The summed E-state index contributed by atoms with van der Waals surface area (Å²) in [6.07, 6.45) is 1.53. The number of fused-ring (bicyclic) bond motifs is 1. The zero-order valence-corrected chi connectivity index (χ0v) is 19.1. The summed E-state index contributed by atoms with van der Waals surface area (Å²) in [6.45, 7) is 3.90. The van der Waals surface area contributed by atoms with Crippen molar-refractivity contribution in [2.24, 2.45) is 0 Å². The van der Waals surface area contributed by atoms with Crippen molar-refractivity contribution in [3.8, 4) is 22.4 Å². The molecule has 3 heterocycles. The molecular formula is C25H21ClFN5O2. The molecule has 0 bridgehead atoms. The van der Waals surface area contributed by atoms with E-state index < -0.39 is 0 Å². The van der Waals surface area contributed by atoms with E-state index in [1.54, 1.807) is 23.1 Å². The number of hydrogen-bond donors (Lipinski definition) is 1. The molecule has 0 aliphatic carbocycles. The van der Waals surface area contributed by atoms with Crippen molar-refractivity contribution in [3.63, 3.8) is 0 Å². The lowest BCUT2D eigenvalue weighted by molar-refractivity contribution is 0.0564. The van der Waals surface area contributed by atoms with Crippen molar-refractivity contribution in [2.75, 3.05) is 31.6 Å². The first-order chi connectivity index (χ1) is 16.5. The largest absolute Gasteiger partial charge is 0.378 e. The van der Waals surface area contributed by atoms with E-state index in [9.17, 15) is 9.18 Å². The van der Waals surface area contributed by atoms with Gasteiger partial charge in [0.2, 0.25) is 0 Å². The molecule has 1 N–H and O–H groups in total. The Labute approximate surface area is 200 Å². The number of hydrogen-bond acceptors (Lipinski definition) is 5. The van der Waals surface area contributed by atoms with Crippen molar-refractivity contribution < 1.29 is 13.9 Å². The maximum atomic E-state index is 13.6. The molecule has 2 amide bonds. The molecule has 172 valence electrons. The molecule has 0 spiro atoms. The first-order valence-electron chi connectivity index (χ1n) is 10.8. The van der Waals surface area contributed by atoms with Crippen molar-refractivity contribution in [3.05, 3.63) is 71.4 Å². The van der Waals surface area contributed by atoms with Crippen LogP contribution in [-0.2, 0) is 4.74 Å². The first kappa shape index (κ1) is 22.2. The lowest BCUT2D eigenvalue weighted by atomic mass is 9.97. The Morgan fingerprint density at radius 3 is 2.56 bits per heavy atom. The molecule has 0 atom stereocenters. The number of nitrogens with one attached hydrogen (secondary N) is 1. The molecule has 0 unspecified atom stereocenters. The normalized spacial score (nSPS) is 13.8. The Balaban J connectivity index is 1.61. The van der Waals surface area contributed by atoms with E-state index in [-0.39, 0.29) is 11.8 Å². The van der Waals surface area contributed by atoms with Gasteiger partial charge in [0, 0.05) is 41.4 Å². The van der Waals surface area contributed by atoms with E-state index in [1.807, 2.05) is 25.1 Å². The van der Waals surface area contributed by atoms with Gasteiger partial charge in [-0.1, -0.05) is 17.7 Å². The summed E-state index contributed by atoms with van der Waals surface area (Å²) in [6, 6.07) is 13.1. The van der Waals surface area contributed by atoms with Crippen molar-refractivity contribution in [1.29, 1.82) is 0 Å². The van der Waals surface area contributed by atoms with E-state index in [0.29, 0.717) is 54.0 Å². The quantitative estimate of drug-likeness (QED) is 0.431. The van der Waals surface area contributed by atoms with Gasteiger partial charge in [-0.05, 0) is 48.9 Å². The van der Waals surface area contributed by atoms with E-state index in [1.165, 1.54) is 18.5 Å². The summed E-state index contributed by atoms with van der Waals surface area (Å²) in [4.78, 5) is 27.7. The van der Waals surface area contributed by atoms with E-state index in [4.69, 9.17) is 21.3 Å². The lowest BCUT2D eigenvalue weighted by Gasteiger charge is -2.27. The number of aryl methyl sites for hydroxylation is 1. The number of halogens is 2. The van der Waals surface area contributed by atoms with Gasteiger partial charge in [-0.3, -0.25) is 5.32 Å². The average molecular weight is 478 g/mol. The van der Waals surface area contributed by atoms with Crippen LogP contribution in [0.2, 0.25) is 5.02 Å². The molecule has 1 aliphatic heterocycles. The molecule has 1 aliphatic rings. The van der Waals surface area contributed by atoms with Gasteiger partial charge in [-0.15, -0.1) is 0 Å². The Morgan fingerprint density at radius 1 is 1.06 bits per heavy atom. The van der Waals surface area contributed by atoms with Crippen LogP contribution in [0, 0.1) is 12.7 Å². The molecule has 0 saturated carbocycles. The third-order valence-electron chi connectivity index (χ3n) is 5.75. The van der Waals surface area contributed by atoms with Gasteiger partial charge in [0.1, 0.15) is 18.0 Å². The van der Waals surface area contributed by atoms with Crippen LogP contribution in [0.25, 0.3) is 33.3 Å². The third-order valence-corrected chi connectivity index (χ3v) is 6.04. The van der Waals surface area contributed by atoms with Gasteiger partial charge in [0.15, 0.2) is 0 Å². The number of ether oxygens (including phenoxy) is 1. The van der Waals surface area contributed by atoms with E-state index in [0.717, 1.165) is 22.2 Å². The Bertz CT molecular complexity index is 1370. The number of rotatable bonds is 3. The van der Waals surface area contributed by atoms with Crippen molar-refractivity contribution in [1.82, 2.24) is 19.9 Å². The molecule has 0 radical (unpaired) electrons. The van der Waals surface area contributed by atoms with Crippen LogP contribution >= 0.6 is 11.6 Å². The third kappa shape index (κ3) is 4.42. The van der Waals surface area contributed by atoms with Gasteiger partial charge < -0.3 is 9.64 Å². The summed E-state index contributed by atoms with van der Waals surface area (Å²) in [7, 11) is 0. The highest BCUT2D eigenvalue weighted by atomic mass is 35.5. The predicted octanol–water partition coefficient (Wildman–Crippen LogP) is 5.32. The summed E-state index contributed by atoms with van der Waals surface area (Å²) in [5.41, 5.74) is 4.34. The zero-order chi connectivity index (χ0) is 23.7. The molecule has 7 nitrogen and oxygen atoms in total. The Hall–Kier alpha value is -3.62. The van der Waals surface area contributed by atoms with Crippen LogP contribution in [0.15, 0.2) is 54.9 Å². The fourth-order valence-corrected chi connectivity index (χ4v) is 4.27. The molecule has 34 heavy (non-hydrogen) atoms. The Kier molecular flexibility index (Phi) is 6.08. The summed E-state index contributed by atoms with van der Waals surface area (Å²) < 4.78 is 19.0. The fourth-order valence-electron chi connectivity index (χ4n) is 3.97. The number of anilines is 1. The molecule has 4 aromatic rings. The minimum atomic E-state index is -0.355. The second kappa shape index (κ2) is 9.32. The van der Waals surface area contributed by atoms with Crippen LogP contribution in [0.4, 0.5) is 15.0 Å². The number of morpholine rings is 1. The van der Waals surface area contributed by atoms with Crippen LogP contribution in [0.5, 0.6) is 0 Å². The number of amides is 2. The van der Waals surface area contributed by atoms with Gasteiger partial charge in [-0.2, -0.15) is 0 Å². The van der Waals surface area contributed by atoms with Crippen LogP contribution in [0.3, 0.4) is 0 Å². The average Bonchev–Trinajstić information content (AvgIpc) is 2.85. The number of carbonyl (C=O) groups is 1. The molecule has 1 fully saturated rings. The summed E-state index contributed by atoms with van der Waals surface area (Å²) >= 11 is 6.78. The molecule has 9 heteroatoms. The van der Waals surface area contributed by atoms with Gasteiger partial charge in [-0.25, -0.2) is 24.1 Å².